The lowest BCUT2D eigenvalue weighted by Crippen LogP contribution is -2.49. The molecular formula is C31H45ClFN5O7. The van der Waals surface area contributed by atoms with Crippen LogP contribution in [0, 0.1) is 17.7 Å². The Hall–Kier alpha value is -2.65. The van der Waals surface area contributed by atoms with Gasteiger partial charge in [0.1, 0.15) is 29.9 Å². The standard InChI is InChI=1S/C31H45ClFN5O7/c32-23-15-35-31(36-16-23)37-8-5-20(6-9-37)2-1-11-45-24-4-3-22(25(33)13-24)12-28(42)38-10-7-21(18-38)14-34-17-26(40)29(43)30(44)27(41)19-39/h3-4,13,15-16,20-21,26-27,29-30,34,39-41,43-44H,1-2,5-12,14,17-19H2/t21-,26?,27?,29?,30?/m1/s1. The van der Waals surface area contributed by atoms with E-state index in [1.54, 1.807) is 29.4 Å². The molecule has 0 spiro atoms. The van der Waals surface area contributed by atoms with E-state index >= 15 is 0 Å². The van der Waals surface area contributed by atoms with Crippen LogP contribution in [-0.2, 0) is 11.2 Å². The topological polar surface area (TPSA) is 172 Å². The monoisotopic (exact) mass is 653 g/mol. The van der Waals surface area contributed by atoms with Crippen molar-refractivity contribution in [2.45, 2.75) is 62.9 Å². The second-order valence-electron chi connectivity index (χ2n) is 12.0. The number of nitrogens with one attached hydrogen (secondary N) is 1. The van der Waals surface area contributed by atoms with Crippen LogP contribution in [0.3, 0.4) is 0 Å². The lowest BCUT2D eigenvalue weighted by molar-refractivity contribution is -0.129. The second kappa shape index (κ2) is 17.3. The number of hydrogen-bond acceptors (Lipinski definition) is 11. The first-order valence-corrected chi connectivity index (χ1v) is 16.0. The predicted octanol–water partition coefficient (Wildman–Crippen LogP) is 0.761. The molecule has 1 amide bonds. The number of likely N-dealkylation sites (tertiary alicyclic amines) is 1. The summed E-state index contributed by atoms with van der Waals surface area (Å²) in [6.07, 6.45) is 1.68. The molecule has 1 aromatic carbocycles. The first-order chi connectivity index (χ1) is 21.6. The summed E-state index contributed by atoms with van der Waals surface area (Å²) in [6.45, 7) is 2.98. The van der Waals surface area contributed by atoms with E-state index in [2.05, 4.69) is 20.2 Å². The number of nitrogens with zero attached hydrogens (tertiary/aromatic N) is 4. The molecule has 0 radical (unpaired) electrons. The molecule has 0 saturated carbocycles. The van der Waals surface area contributed by atoms with Crippen LogP contribution in [0.25, 0.3) is 0 Å². The van der Waals surface area contributed by atoms with E-state index in [9.17, 15) is 29.6 Å². The normalized spacial score (nSPS) is 20.2. The molecule has 4 unspecified atom stereocenters. The largest absolute Gasteiger partial charge is 0.493 e. The summed E-state index contributed by atoms with van der Waals surface area (Å²) in [6, 6.07) is 4.63. The highest BCUT2D eigenvalue weighted by atomic mass is 35.5. The number of piperidine rings is 1. The summed E-state index contributed by atoms with van der Waals surface area (Å²) < 4.78 is 20.6. The predicted molar refractivity (Wildman–Crippen MR) is 165 cm³/mol. The van der Waals surface area contributed by atoms with Crippen LogP contribution in [0.2, 0.25) is 5.02 Å². The minimum atomic E-state index is -1.68. The maximum atomic E-state index is 14.8. The van der Waals surface area contributed by atoms with Crippen molar-refractivity contribution >= 4 is 23.5 Å². The number of benzene rings is 1. The van der Waals surface area contributed by atoms with Gasteiger partial charge in [-0.15, -0.1) is 0 Å². The summed E-state index contributed by atoms with van der Waals surface area (Å²) in [7, 11) is 0. The zero-order valence-electron chi connectivity index (χ0n) is 25.3. The van der Waals surface area contributed by atoms with Crippen LogP contribution in [-0.4, -0.2) is 123 Å². The third kappa shape index (κ3) is 10.4. The van der Waals surface area contributed by atoms with Gasteiger partial charge in [0.2, 0.25) is 11.9 Å². The van der Waals surface area contributed by atoms with E-state index in [1.165, 1.54) is 6.07 Å². The number of anilines is 1. The Balaban J connectivity index is 1.11. The van der Waals surface area contributed by atoms with E-state index in [-0.39, 0.29) is 24.8 Å². The molecule has 2 aliphatic heterocycles. The summed E-state index contributed by atoms with van der Waals surface area (Å²) >= 11 is 5.88. The number of carbonyl (C=O) groups is 1. The van der Waals surface area contributed by atoms with Crippen LogP contribution >= 0.6 is 11.6 Å². The molecule has 1 aromatic heterocycles. The van der Waals surface area contributed by atoms with Gasteiger partial charge in [-0.3, -0.25) is 4.79 Å². The summed E-state index contributed by atoms with van der Waals surface area (Å²) in [5.41, 5.74) is 0.311. The third-order valence-electron chi connectivity index (χ3n) is 8.65. The maximum Gasteiger partial charge on any atom is 0.227 e. The van der Waals surface area contributed by atoms with Crippen LogP contribution < -0.4 is 15.0 Å². The molecule has 2 aliphatic rings. The van der Waals surface area contributed by atoms with E-state index in [4.69, 9.17) is 21.4 Å². The molecule has 3 heterocycles. The van der Waals surface area contributed by atoms with Gasteiger partial charge in [-0.25, -0.2) is 14.4 Å². The van der Waals surface area contributed by atoms with Crippen molar-refractivity contribution < 1.29 is 39.5 Å². The highest BCUT2D eigenvalue weighted by Gasteiger charge is 2.31. The summed E-state index contributed by atoms with van der Waals surface area (Å²) in [4.78, 5) is 25.3. The van der Waals surface area contributed by atoms with Gasteiger partial charge in [-0.1, -0.05) is 17.7 Å². The van der Waals surface area contributed by atoms with Crippen molar-refractivity contribution in [3.8, 4) is 5.75 Å². The van der Waals surface area contributed by atoms with Crippen LogP contribution in [0.4, 0.5) is 10.3 Å². The minimum Gasteiger partial charge on any atom is -0.493 e. The second-order valence-corrected chi connectivity index (χ2v) is 12.4. The van der Waals surface area contributed by atoms with Gasteiger partial charge < -0.3 is 45.4 Å². The molecule has 250 valence electrons. The Morgan fingerprint density at radius 3 is 2.42 bits per heavy atom. The number of halogens is 2. The van der Waals surface area contributed by atoms with Gasteiger partial charge >= 0.3 is 0 Å². The number of aliphatic hydroxyl groups is 5. The van der Waals surface area contributed by atoms with E-state index in [1.807, 2.05) is 0 Å². The molecule has 4 rings (SSSR count). The number of hydrogen-bond donors (Lipinski definition) is 6. The SMILES string of the molecule is O=C(Cc1ccc(OCCCC2CCN(c3ncc(Cl)cn3)CC2)cc1F)N1CC[C@H](CNCC(O)C(O)C(O)C(O)CO)C1. The zero-order valence-corrected chi connectivity index (χ0v) is 26.1. The first-order valence-electron chi connectivity index (χ1n) is 15.6. The van der Waals surface area contributed by atoms with Gasteiger partial charge in [-0.05, 0) is 62.1 Å². The number of amides is 1. The van der Waals surface area contributed by atoms with Crippen LogP contribution in [0.5, 0.6) is 5.75 Å². The molecule has 0 aliphatic carbocycles. The molecule has 2 aromatic rings. The van der Waals surface area contributed by atoms with Crippen molar-refractivity contribution in [3.63, 3.8) is 0 Å². The van der Waals surface area contributed by atoms with Crippen LogP contribution in [0.1, 0.15) is 37.7 Å². The molecule has 0 bridgehead atoms. The average molecular weight is 654 g/mol. The quantitative estimate of drug-likeness (QED) is 0.141. The fourth-order valence-electron chi connectivity index (χ4n) is 5.83. The van der Waals surface area contributed by atoms with Crippen molar-refractivity contribution in [2.24, 2.45) is 11.8 Å². The molecule has 12 nitrogen and oxygen atoms in total. The Labute approximate surface area is 267 Å². The molecule has 2 fully saturated rings. The maximum absolute atomic E-state index is 14.8. The number of aromatic nitrogens is 2. The Kier molecular flexibility index (Phi) is 13.5. The Morgan fingerprint density at radius 2 is 1.73 bits per heavy atom. The first kappa shape index (κ1) is 35.2. The van der Waals surface area contributed by atoms with E-state index in [0.717, 1.165) is 45.2 Å². The minimum absolute atomic E-state index is 0.0409. The van der Waals surface area contributed by atoms with Crippen molar-refractivity contribution in [1.82, 2.24) is 20.2 Å². The zero-order chi connectivity index (χ0) is 32.3. The molecule has 45 heavy (non-hydrogen) atoms. The number of aliphatic hydroxyl groups excluding tert-OH is 5. The number of ether oxygens (including phenoxy) is 1. The third-order valence-corrected chi connectivity index (χ3v) is 8.84. The Bertz CT molecular complexity index is 1210. The van der Waals surface area contributed by atoms with E-state index < -0.39 is 36.8 Å². The molecular weight excluding hydrogens is 609 g/mol. The average Bonchev–Trinajstić information content (AvgIpc) is 3.53. The highest BCUT2D eigenvalue weighted by Crippen LogP contribution is 2.25. The molecule has 2 saturated heterocycles. The van der Waals surface area contributed by atoms with Crippen molar-refractivity contribution in [1.29, 1.82) is 0 Å². The van der Waals surface area contributed by atoms with Crippen molar-refractivity contribution in [2.75, 3.05) is 57.4 Å². The summed E-state index contributed by atoms with van der Waals surface area (Å²) in [5, 5.41) is 51.5. The fourth-order valence-corrected chi connectivity index (χ4v) is 5.93. The molecule has 6 N–H and O–H groups in total. The van der Waals surface area contributed by atoms with Gasteiger partial charge in [-0.2, -0.15) is 0 Å². The summed E-state index contributed by atoms with van der Waals surface area (Å²) in [5.74, 6) is 1.20. The smallest absolute Gasteiger partial charge is 0.227 e. The van der Waals surface area contributed by atoms with E-state index in [0.29, 0.717) is 54.4 Å². The van der Waals surface area contributed by atoms with Crippen molar-refractivity contribution in [3.05, 3.63) is 47.0 Å². The lowest BCUT2D eigenvalue weighted by Gasteiger charge is -2.31. The van der Waals surface area contributed by atoms with Crippen LogP contribution in [0.15, 0.2) is 30.6 Å². The van der Waals surface area contributed by atoms with Gasteiger partial charge in [0, 0.05) is 38.8 Å². The van der Waals surface area contributed by atoms with Gasteiger partial charge in [0.05, 0.1) is 43.2 Å². The lowest BCUT2D eigenvalue weighted by atomic mass is 9.92. The molecule has 5 atom stereocenters. The highest BCUT2D eigenvalue weighted by molar-refractivity contribution is 6.30. The number of rotatable bonds is 16. The number of carbonyl (C=O) groups excluding carboxylic acids is 1. The fraction of sp³-hybridized carbons (Fsp3) is 0.645. The Morgan fingerprint density at radius 1 is 1.04 bits per heavy atom. The molecule has 14 heteroatoms. The van der Waals surface area contributed by atoms with Gasteiger partial charge in [0.25, 0.3) is 0 Å². The van der Waals surface area contributed by atoms with Gasteiger partial charge in [0.15, 0.2) is 0 Å².